The number of oxazole rings is 1. The second-order valence-corrected chi connectivity index (χ2v) is 7.14. The van der Waals surface area contributed by atoms with E-state index in [0.29, 0.717) is 24.5 Å². The summed E-state index contributed by atoms with van der Waals surface area (Å²) in [5.74, 6) is -1.22. The molecule has 28 heavy (non-hydrogen) atoms. The van der Waals surface area contributed by atoms with Crippen molar-refractivity contribution in [2.24, 2.45) is 5.73 Å². The number of aromatic nitrogens is 1. The largest absolute Gasteiger partial charge is 0.484 e. The Bertz CT molecular complexity index is 916. The summed E-state index contributed by atoms with van der Waals surface area (Å²) in [5, 5.41) is 18.6. The normalized spacial score (nSPS) is 16.0. The Kier molecular flexibility index (Phi) is 5.96. The molecule has 2 aromatic rings. The van der Waals surface area contributed by atoms with E-state index >= 15 is 0 Å². The maximum Gasteiger partial charge on any atom is 0.420 e. The van der Waals surface area contributed by atoms with Crippen LogP contribution in [0.4, 0.5) is 0 Å². The lowest BCUT2D eigenvalue weighted by Crippen LogP contribution is -2.52. The molecule has 1 aromatic heterocycles. The van der Waals surface area contributed by atoms with E-state index in [9.17, 15) is 9.59 Å². The summed E-state index contributed by atoms with van der Waals surface area (Å²) >= 11 is 6.24. The monoisotopic (exact) mass is 416 g/mol. The Morgan fingerprint density at radius 2 is 2.11 bits per heavy atom. The number of carbonyl (C=O) groups excluding carboxylic acids is 1. The molecule has 3 rings (SSSR count). The molecule has 1 unspecified atom stereocenters. The molecule has 0 aliphatic carbocycles. The minimum Gasteiger partial charge on any atom is -0.484 e. The second-order valence-electron chi connectivity index (χ2n) is 6.73. The zero-order valence-electron chi connectivity index (χ0n) is 15.1. The van der Waals surface area contributed by atoms with E-state index in [-0.39, 0.29) is 16.7 Å². The Balaban J connectivity index is 1.83. The average molecular weight is 417 g/mol. The third kappa shape index (κ3) is 4.01. The minimum absolute atomic E-state index is 0.118. The molecule has 1 fully saturated rings. The maximum absolute atomic E-state index is 12.3. The number of nitrogens with two attached hydrogens (primary N) is 1. The molecule has 10 nitrogen and oxygen atoms in total. The van der Waals surface area contributed by atoms with Gasteiger partial charge in [-0.3, -0.25) is 4.57 Å². The van der Waals surface area contributed by atoms with Crippen LogP contribution >= 0.6 is 11.6 Å². The molecule has 0 spiro atoms. The number of ether oxygens (including phenoxy) is 3. The lowest BCUT2D eigenvalue weighted by Gasteiger charge is -2.27. The van der Waals surface area contributed by atoms with Gasteiger partial charge >= 0.3 is 11.7 Å². The summed E-state index contributed by atoms with van der Waals surface area (Å²) in [7, 11) is 0. The van der Waals surface area contributed by atoms with Crippen molar-refractivity contribution in [2.45, 2.75) is 24.6 Å². The maximum atomic E-state index is 12.3. The van der Waals surface area contributed by atoms with Gasteiger partial charge in [0.2, 0.25) is 0 Å². The number of nitrogens with zero attached hydrogens (tertiary/aromatic N) is 1. The molecule has 0 radical (unpaired) electrons. The SMILES string of the molecule is CC(C(=O)OCC(N)(CO)CO)n1c(=O)oc2cc(OC3COC3)c(Cl)cc21. The summed E-state index contributed by atoms with van der Waals surface area (Å²) in [6.07, 6.45) is -0.118. The van der Waals surface area contributed by atoms with Gasteiger partial charge in [0.1, 0.15) is 24.5 Å². The number of esters is 1. The van der Waals surface area contributed by atoms with Crippen LogP contribution in [-0.2, 0) is 14.3 Å². The number of fused-ring (bicyclic) bond motifs is 1. The summed E-state index contributed by atoms with van der Waals surface area (Å²) in [6.45, 7) is 0.766. The third-order valence-electron chi connectivity index (χ3n) is 4.43. The molecule has 0 saturated carbocycles. The molecule has 1 aliphatic rings. The summed E-state index contributed by atoms with van der Waals surface area (Å²) in [4.78, 5) is 24.6. The van der Waals surface area contributed by atoms with E-state index in [4.69, 9.17) is 46.2 Å². The van der Waals surface area contributed by atoms with Crippen molar-refractivity contribution in [3.8, 4) is 5.75 Å². The Hall–Kier alpha value is -2.11. The minimum atomic E-state index is -1.47. The molecule has 4 N–H and O–H groups in total. The van der Waals surface area contributed by atoms with Crippen molar-refractivity contribution in [2.75, 3.05) is 33.0 Å². The Morgan fingerprint density at radius 3 is 2.68 bits per heavy atom. The van der Waals surface area contributed by atoms with E-state index < -0.39 is 43.1 Å². The highest BCUT2D eigenvalue weighted by Crippen LogP contribution is 2.32. The van der Waals surface area contributed by atoms with Crippen molar-refractivity contribution in [3.05, 3.63) is 27.7 Å². The lowest BCUT2D eigenvalue weighted by atomic mass is 10.1. The molecule has 1 aliphatic heterocycles. The van der Waals surface area contributed by atoms with Crippen LogP contribution in [-0.4, -0.2) is 65.4 Å². The van der Waals surface area contributed by atoms with Crippen molar-refractivity contribution < 1.29 is 33.6 Å². The van der Waals surface area contributed by atoms with Crippen LogP contribution < -0.4 is 16.2 Å². The van der Waals surface area contributed by atoms with E-state index in [1.807, 2.05) is 0 Å². The molecule has 1 atom stereocenters. The topological polar surface area (TPSA) is 146 Å². The summed E-state index contributed by atoms with van der Waals surface area (Å²) in [5.41, 5.74) is 4.69. The highest BCUT2D eigenvalue weighted by Gasteiger charge is 2.29. The van der Waals surface area contributed by atoms with Crippen LogP contribution in [0, 0.1) is 0 Å². The number of hydrogen-bond acceptors (Lipinski definition) is 9. The number of aliphatic hydroxyl groups excluding tert-OH is 2. The molecule has 2 heterocycles. The highest BCUT2D eigenvalue weighted by atomic mass is 35.5. The Labute approximate surface area is 164 Å². The van der Waals surface area contributed by atoms with Crippen LogP contribution in [0.5, 0.6) is 5.75 Å². The van der Waals surface area contributed by atoms with E-state index in [0.717, 1.165) is 4.57 Å². The van der Waals surface area contributed by atoms with Gasteiger partial charge in [0, 0.05) is 6.07 Å². The van der Waals surface area contributed by atoms with Crippen molar-refractivity contribution in [1.82, 2.24) is 4.57 Å². The predicted molar refractivity (Wildman–Crippen MR) is 97.5 cm³/mol. The molecule has 154 valence electrons. The van der Waals surface area contributed by atoms with E-state index in [1.165, 1.54) is 19.1 Å². The molecule has 1 saturated heterocycles. The first-order valence-electron chi connectivity index (χ1n) is 8.54. The first-order valence-corrected chi connectivity index (χ1v) is 8.92. The van der Waals surface area contributed by atoms with Gasteiger partial charge in [0.15, 0.2) is 5.58 Å². The van der Waals surface area contributed by atoms with Gasteiger partial charge in [-0.2, -0.15) is 0 Å². The van der Waals surface area contributed by atoms with Crippen LogP contribution in [0.15, 0.2) is 21.3 Å². The fraction of sp³-hybridized carbons (Fsp3) is 0.529. The van der Waals surface area contributed by atoms with Gasteiger partial charge in [0.25, 0.3) is 0 Å². The van der Waals surface area contributed by atoms with Crippen LogP contribution in [0.1, 0.15) is 13.0 Å². The quantitative estimate of drug-likeness (QED) is 0.498. The number of carbonyl (C=O) groups is 1. The average Bonchev–Trinajstić information content (AvgIpc) is 2.96. The van der Waals surface area contributed by atoms with Gasteiger partial charge in [-0.15, -0.1) is 0 Å². The molecular formula is C17H21ClN2O8. The van der Waals surface area contributed by atoms with Crippen LogP contribution in [0.2, 0.25) is 5.02 Å². The van der Waals surface area contributed by atoms with Crippen LogP contribution in [0.25, 0.3) is 11.1 Å². The summed E-state index contributed by atoms with van der Waals surface area (Å²) < 4.78 is 22.1. The Morgan fingerprint density at radius 1 is 1.43 bits per heavy atom. The van der Waals surface area contributed by atoms with E-state index in [2.05, 4.69) is 0 Å². The van der Waals surface area contributed by atoms with Crippen molar-refractivity contribution in [1.29, 1.82) is 0 Å². The van der Waals surface area contributed by atoms with Gasteiger partial charge in [-0.25, -0.2) is 9.59 Å². The smallest absolute Gasteiger partial charge is 0.420 e. The molecular weight excluding hydrogens is 396 g/mol. The zero-order valence-corrected chi connectivity index (χ0v) is 15.8. The van der Waals surface area contributed by atoms with Gasteiger partial charge in [-0.1, -0.05) is 11.6 Å². The first-order chi connectivity index (χ1) is 13.3. The molecule has 0 bridgehead atoms. The zero-order chi connectivity index (χ0) is 20.5. The predicted octanol–water partition coefficient (Wildman–Crippen LogP) is -0.188. The summed E-state index contributed by atoms with van der Waals surface area (Å²) in [6, 6.07) is 1.89. The van der Waals surface area contributed by atoms with Gasteiger partial charge < -0.3 is 34.6 Å². The molecule has 11 heteroatoms. The van der Waals surface area contributed by atoms with E-state index in [1.54, 1.807) is 0 Å². The third-order valence-corrected chi connectivity index (χ3v) is 4.72. The first kappa shape index (κ1) is 20.6. The lowest BCUT2D eigenvalue weighted by molar-refractivity contribution is -0.150. The van der Waals surface area contributed by atoms with Crippen molar-refractivity contribution in [3.63, 3.8) is 0 Å². The number of halogens is 1. The number of aliphatic hydroxyl groups is 2. The molecule has 0 amide bonds. The van der Waals surface area contributed by atoms with Gasteiger partial charge in [-0.05, 0) is 13.0 Å². The number of benzene rings is 1. The second kappa shape index (κ2) is 8.10. The number of hydrogen-bond donors (Lipinski definition) is 3. The van der Waals surface area contributed by atoms with Gasteiger partial charge in [0.05, 0.1) is 42.5 Å². The van der Waals surface area contributed by atoms with Crippen molar-refractivity contribution >= 4 is 28.7 Å². The molecule has 1 aromatic carbocycles. The fourth-order valence-electron chi connectivity index (χ4n) is 2.54. The number of rotatable bonds is 8. The highest BCUT2D eigenvalue weighted by molar-refractivity contribution is 6.32. The van der Waals surface area contributed by atoms with Crippen LogP contribution in [0.3, 0.4) is 0 Å². The standard InChI is InChI=1S/C17H21ClN2O8/c1-9(15(23)26-8-17(19,6-21)7-22)20-12-2-11(18)13(27-10-4-25-5-10)3-14(12)28-16(20)24/h2-3,9-10,21-22H,4-8,19H2,1H3. The fourth-order valence-corrected chi connectivity index (χ4v) is 2.74.